The average molecular weight is 412 g/mol. The molecule has 5 heteroatoms. The Morgan fingerprint density at radius 2 is 1.48 bits per heavy atom. The standard InChI is InChI=1S/C26H24N2O3/c1-3-18-13-15-19(16-14-18)27-25(29)22-23(21-12-8-7-9-17(21)2)28(31-24(22)26(27)30)20-10-5-4-6-11-20/h4-16,22-24H,3H2,1-2H3/t22-,23-,24+/m0/s1. The number of benzene rings is 3. The van der Waals surface area contributed by atoms with Crippen LogP contribution in [-0.2, 0) is 20.8 Å². The molecule has 0 spiro atoms. The molecule has 5 rings (SSSR count). The van der Waals surface area contributed by atoms with E-state index in [0.29, 0.717) is 5.69 Å². The molecule has 0 bridgehead atoms. The number of para-hydroxylation sites is 1. The van der Waals surface area contributed by atoms with Gasteiger partial charge in [-0.05, 0) is 54.3 Å². The van der Waals surface area contributed by atoms with Gasteiger partial charge in [0.25, 0.3) is 5.91 Å². The third-order valence-electron chi connectivity index (χ3n) is 6.24. The number of hydroxylamine groups is 1. The third-order valence-corrected chi connectivity index (χ3v) is 6.24. The molecule has 3 atom stereocenters. The molecule has 0 N–H and O–H groups in total. The summed E-state index contributed by atoms with van der Waals surface area (Å²) in [5.74, 6) is -1.14. The minimum absolute atomic E-state index is 0.217. The molecular formula is C26H24N2O3. The Kier molecular flexibility index (Phi) is 4.83. The lowest BCUT2D eigenvalue weighted by Gasteiger charge is -2.29. The normalized spacial score (nSPS) is 22.8. The number of anilines is 2. The second-order valence-electron chi connectivity index (χ2n) is 8.05. The van der Waals surface area contributed by atoms with Crippen LogP contribution in [-0.4, -0.2) is 17.9 Å². The Bertz CT molecular complexity index is 1130. The lowest BCUT2D eigenvalue weighted by molar-refractivity contribution is -0.126. The fraction of sp³-hybridized carbons (Fsp3) is 0.231. The van der Waals surface area contributed by atoms with Crippen LogP contribution < -0.4 is 9.96 Å². The SMILES string of the molecule is CCc1ccc(N2C(=O)[C@@H]3[C@@H](ON(c4ccccc4)[C@H]3c3ccccc3C)C2=O)cc1. The number of hydrogen-bond donors (Lipinski definition) is 0. The molecule has 31 heavy (non-hydrogen) atoms. The zero-order chi connectivity index (χ0) is 21.5. The van der Waals surface area contributed by atoms with Crippen LogP contribution in [0, 0.1) is 12.8 Å². The van der Waals surface area contributed by atoms with Crippen LogP contribution in [0.15, 0.2) is 78.9 Å². The maximum absolute atomic E-state index is 13.6. The lowest BCUT2D eigenvalue weighted by Crippen LogP contribution is -2.37. The van der Waals surface area contributed by atoms with Crippen molar-refractivity contribution >= 4 is 23.2 Å². The van der Waals surface area contributed by atoms with Crippen LogP contribution in [0.2, 0.25) is 0 Å². The van der Waals surface area contributed by atoms with Crippen LogP contribution in [0.25, 0.3) is 0 Å². The van der Waals surface area contributed by atoms with Crippen molar-refractivity contribution in [1.82, 2.24) is 0 Å². The molecule has 2 heterocycles. The van der Waals surface area contributed by atoms with Crippen molar-refractivity contribution in [3.8, 4) is 0 Å². The molecule has 2 saturated heterocycles. The van der Waals surface area contributed by atoms with Crippen molar-refractivity contribution in [3.63, 3.8) is 0 Å². The molecule has 2 aliphatic heterocycles. The minimum atomic E-state index is -0.844. The molecule has 156 valence electrons. The van der Waals surface area contributed by atoms with Crippen LogP contribution in [0.3, 0.4) is 0 Å². The van der Waals surface area contributed by atoms with Gasteiger partial charge in [-0.2, -0.15) is 0 Å². The molecule has 0 aromatic heterocycles. The van der Waals surface area contributed by atoms with Gasteiger partial charge in [-0.1, -0.05) is 61.5 Å². The van der Waals surface area contributed by atoms with Gasteiger partial charge in [0.15, 0.2) is 6.10 Å². The summed E-state index contributed by atoms with van der Waals surface area (Å²) in [4.78, 5) is 34.5. The third kappa shape index (κ3) is 3.13. The van der Waals surface area contributed by atoms with Crippen molar-refractivity contribution in [2.24, 2.45) is 5.92 Å². The Morgan fingerprint density at radius 1 is 0.806 bits per heavy atom. The summed E-state index contributed by atoms with van der Waals surface area (Å²) < 4.78 is 0. The first kappa shape index (κ1) is 19.5. The van der Waals surface area contributed by atoms with Gasteiger partial charge in [0.05, 0.1) is 17.4 Å². The van der Waals surface area contributed by atoms with E-state index in [4.69, 9.17) is 4.84 Å². The van der Waals surface area contributed by atoms with E-state index in [2.05, 4.69) is 6.92 Å². The molecule has 0 saturated carbocycles. The van der Waals surface area contributed by atoms with E-state index in [1.807, 2.05) is 85.8 Å². The zero-order valence-corrected chi connectivity index (χ0v) is 17.6. The van der Waals surface area contributed by atoms with Gasteiger partial charge in [0.2, 0.25) is 5.91 Å². The number of carbonyl (C=O) groups is 2. The van der Waals surface area contributed by atoms with Gasteiger partial charge >= 0.3 is 0 Å². The number of rotatable bonds is 4. The average Bonchev–Trinajstić information content (AvgIpc) is 3.31. The molecule has 2 amide bonds. The van der Waals surface area contributed by atoms with E-state index in [9.17, 15) is 9.59 Å². The van der Waals surface area contributed by atoms with Crippen molar-refractivity contribution in [2.75, 3.05) is 9.96 Å². The molecule has 2 fully saturated rings. The molecule has 2 aliphatic rings. The van der Waals surface area contributed by atoms with E-state index in [1.165, 1.54) is 4.90 Å². The first-order chi connectivity index (χ1) is 15.1. The number of imide groups is 1. The molecule has 0 unspecified atom stereocenters. The van der Waals surface area contributed by atoms with Crippen LogP contribution in [0.1, 0.15) is 29.7 Å². The zero-order valence-electron chi connectivity index (χ0n) is 17.6. The summed E-state index contributed by atoms with van der Waals surface area (Å²) in [7, 11) is 0. The summed E-state index contributed by atoms with van der Waals surface area (Å²) in [5.41, 5.74) is 4.63. The van der Waals surface area contributed by atoms with E-state index >= 15 is 0 Å². The van der Waals surface area contributed by atoms with Gasteiger partial charge in [-0.25, -0.2) is 9.96 Å². The van der Waals surface area contributed by atoms with Crippen LogP contribution in [0.5, 0.6) is 0 Å². The smallest absolute Gasteiger partial charge is 0.266 e. The summed E-state index contributed by atoms with van der Waals surface area (Å²) in [6, 6.07) is 24.8. The quantitative estimate of drug-likeness (QED) is 0.588. The number of hydrogen-bond acceptors (Lipinski definition) is 4. The fourth-order valence-electron chi connectivity index (χ4n) is 4.58. The molecule has 3 aromatic rings. The van der Waals surface area contributed by atoms with Crippen molar-refractivity contribution < 1.29 is 14.4 Å². The number of carbonyl (C=O) groups excluding carboxylic acids is 2. The monoisotopic (exact) mass is 412 g/mol. The second kappa shape index (κ2) is 7.67. The highest BCUT2D eigenvalue weighted by molar-refractivity contribution is 6.23. The van der Waals surface area contributed by atoms with Crippen LogP contribution in [0.4, 0.5) is 11.4 Å². The predicted octanol–water partition coefficient (Wildman–Crippen LogP) is 4.61. The highest BCUT2D eigenvalue weighted by Gasteiger charge is 2.60. The van der Waals surface area contributed by atoms with Gasteiger partial charge < -0.3 is 0 Å². The van der Waals surface area contributed by atoms with Gasteiger partial charge in [-0.3, -0.25) is 14.4 Å². The molecule has 3 aromatic carbocycles. The summed E-state index contributed by atoms with van der Waals surface area (Å²) in [6.45, 7) is 4.10. The van der Waals surface area contributed by atoms with E-state index in [-0.39, 0.29) is 17.9 Å². The van der Waals surface area contributed by atoms with E-state index in [1.54, 1.807) is 5.06 Å². The number of nitrogens with zero attached hydrogens (tertiary/aromatic N) is 2. The minimum Gasteiger partial charge on any atom is -0.273 e. The Balaban J connectivity index is 1.58. The Morgan fingerprint density at radius 3 is 2.16 bits per heavy atom. The largest absolute Gasteiger partial charge is 0.273 e. The van der Waals surface area contributed by atoms with Gasteiger partial charge in [-0.15, -0.1) is 0 Å². The Labute approximate surface area is 181 Å². The summed E-state index contributed by atoms with van der Waals surface area (Å²) in [6.07, 6.45) is 0.0564. The first-order valence-corrected chi connectivity index (χ1v) is 10.6. The topological polar surface area (TPSA) is 49.9 Å². The molecular weight excluding hydrogens is 388 g/mol. The predicted molar refractivity (Wildman–Crippen MR) is 120 cm³/mol. The Hall–Kier alpha value is -3.44. The number of fused-ring (bicyclic) bond motifs is 1. The molecule has 0 aliphatic carbocycles. The van der Waals surface area contributed by atoms with Gasteiger partial charge in [0.1, 0.15) is 5.92 Å². The summed E-state index contributed by atoms with van der Waals surface area (Å²) in [5, 5.41) is 1.74. The number of aryl methyl sites for hydroxylation is 2. The maximum atomic E-state index is 13.6. The molecule has 0 radical (unpaired) electrons. The second-order valence-corrected chi connectivity index (χ2v) is 8.05. The van der Waals surface area contributed by atoms with Crippen molar-refractivity contribution in [3.05, 3.63) is 95.6 Å². The first-order valence-electron chi connectivity index (χ1n) is 10.6. The highest BCUT2D eigenvalue weighted by atomic mass is 16.7. The maximum Gasteiger partial charge on any atom is 0.266 e. The summed E-state index contributed by atoms with van der Waals surface area (Å²) >= 11 is 0. The lowest BCUT2D eigenvalue weighted by atomic mass is 9.88. The van der Waals surface area contributed by atoms with Crippen LogP contribution >= 0.6 is 0 Å². The van der Waals surface area contributed by atoms with Crippen molar-refractivity contribution in [1.29, 1.82) is 0 Å². The number of amides is 2. The fourth-order valence-corrected chi connectivity index (χ4v) is 4.58. The van der Waals surface area contributed by atoms with Crippen molar-refractivity contribution in [2.45, 2.75) is 32.4 Å². The van der Waals surface area contributed by atoms with E-state index in [0.717, 1.165) is 28.8 Å². The van der Waals surface area contributed by atoms with E-state index < -0.39 is 12.0 Å². The highest BCUT2D eigenvalue weighted by Crippen LogP contribution is 2.48. The molecule has 5 nitrogen and oxygen atoms in total. The van der Waals surface area contributed by atoms with Gasteiger partial charge in [0, 0.05) is 0 Å².